The average molecular weight is 270 g/mol. The molecule has 6 heteroatoms. The minimum absolute atomic E-state index is 0.690. The zero-order valence-electron chi connectivity index (χ0n) is 8.61. The van der Waals surface area contributed by atoms with E-state index in [9.17, 15) is 0 Å². The van der Waals surface area contributed by atoms with E-state index in [1.54, 1.807) is 15.6 Å². The van der Waals surface area contributed by atoms with Crippen LogP contribution in [0.1, 0.15) is 12.6 Å². The summed E-state index contributed by atoms with van der Waals surface area (Å²) in [7, 11) is 1.86. The van der Waals surface area contributed by atoms with E-state index >= 15 is 0 Å². The van der Waals surface area contributed by atoms with Crippen LogP contribution in [0.3, 0.4) is 0 Å². The van der Waals surface area contributed by atoms with Crippen LogP contribution in [0.4, 0.5) is 5.69 Å². The van der Waals surface area contributed by atoms with Gasteiger partial charge in [0.2, 0.25) is 0 Å². The van der Waals surface area contributed by atoms with Gasteiger partial charge in [-0.2, -0.15) is 10.2 Å². The fourth-order valence-corrected chi connectivity index (χ4v) is 1.82. The van der Waals surface area contributed by atoms with Crippen molar-refractivity contribution in [1.82, 2.24) is 19.6 Å². The van der Waals surface area contributed by atoms with Gasteiger partial charge in [0.15, 0.2) is 5.82 Å². The number of anilines is 1. The second-order valence-corrected chi connectivity index (χ2v) is 4.18. The van der Waals surface area contributed by atoms with Gasteiger partial charge in [0.25, 0.3) is 0 Å². The molecule has 0 aromatic carbocycles. The lowest BCUT2D eigenvalue weighted by atomic mass is 10.3. The zero-order valence-corrected chi connectivity index (χ0v) is 10.2. The van der Waals surface area contributed by atoms with Gasteiger partial charge in [0.1, 0.15) is 5.69 Å². The van der Waals surface area contributed by atoms with Crippen LogP contribution in [0.25, 0.3) is 5.82 Å². The lowest BCUT2D eigenvalue weighted by Crippen LogP contribution is -2.05. The molecule has 0 fully saturated rings. The quantitative estimate of drug-likeness (QED) is 0.899. The number of rotatable bonds is 2. The molecule has 0 unspecified atom stereocenters. The molecular formula is C9H12BrN5. The molecule has 2 rings (SSSR count). The Bertz CT molecular complexity index is 485. The fraction of sp³-hybridized carbons (Fsp3) is 0.333. The molecule has 0 saturated carbocycles. The topological polar surface area (TPSA) is 61.7 Å². The van der Waals surface area contributed by atoms with Crippen molar-refractivity contribution in [3.05, 3.63) is 22.6 Å². The van der Waals surface area contributed by atoms with Gasteiger partial charge in [-0.1, -0.05) is 6.92 Å². The Balaban J connectivity index is 2.57. The van der Waals surface area contributed by atoms with Gasteiger partial charge < -0.3 is 5.73 Å². The van der Waals surface area contributed by atoms with Gasteiger partial charge >= 0.3 is 0 Å². The van der Waals surface area contributed by atoms with Gasteiger partial charge in [0.05, 0.1) is 16.4 Å². The molecule has 0 aliphatic rings. The molecule has 0 radical (unpaired) electrons. The molecule has 0 aliphatic heterocycles. The van der Waals surface area contributed by atoms with E-state index in [1.807, 2.05) is 20.2 Å². The van der Waals surface area contributed by atoms with Gasteiger partial charge in [-0.05, 0) is 22.4 Å². The highest BCUT2D eigenvalue weighted by molar-refractivity contribution is 9.10. The fourth-order valence-electron chi connectivity index (χ4n) is 1.54. The summed E-state index contributed by atoms with van der Waals surface area (Å²) in [4.78, 5) is 0. The van der Waals surface area contributed by atoms with Crippen LogP contribution in [0.5, 0.6) is 0 Å². The lowest BCUT2D eigenvalue weighted by molar-refractivity contribution is 0.690. The van der Waals surface area contributed by atoms with Crippen molar-refractivity contribution < 1.29 is 0 Å². The minimum atomic E-state index is 0.690. The Morgan fingerprint density at radius 3 is 2.73 bits per heavy atom. The maximum atomic E-state index is 6.00. The molecule has 80 valence electrons. The molecule has 0 amide bonds. The van der Waals surface area contributed by atoms with Gasteiger partial charge in [-0.3, -0.25) is 0 Å². The number of aromatic nitrogens is 4. The summed E-state index contributed by atoms with van der Waals surface area (Å²) in [6.07, 6.45) is 4.40. The Morgan fingerprint density at radius 1 is 1.53 bits per heavy atom. The van der Waals surface area contributed by atoms with Crippen molar-refractivity contribution in [3.8, 4) is 5.82 Å². The van der Waals surface area contributed by atoms with Crippen molar-refractivity contribution >= 4 is 21.6 Å². The molecule has 2 N–H and O–H groups in total. The molecule has 0 spiro atoms. The third kappa shape index (κ3) is 1.65. The van der Waals surface area contributed by atoms with Crippen LogP contribution in [-0.4, -0.2) is 19.6 Å². The van der Waals surface area contributed by atoms with E-state index in [2.05, 4.69) is 26.1 Å². The normalized spacial score (nSPS) is 10.9. The first-order valence-corrected chi connectivity index (χ1v) is 5.44. The summed E-state index contributed by atoms with van der Waals surface area (Å²) < 4.78 is 4.38. The van der Waals surface area contributed by atoms with Crippen LogP contribution in [-0.2, 0) is 13.5 Å². The molecule has 5 nitrogen and oxygen atoms in total. The molecule has 0 bridgehead atoms. The summed E-state index contributed by atoms with van der Waals surface area (Å²) in [5.41, 5.74) is 7.59. The van der Waals surface area contributed by atoms with Crippen LogP contribution >= 0.6 is 15.9 Å². The number of halogens is 1. The number of hydrogen-bond donors (Lipinski definition) is 1. The molecule has 2 aromatic heterocycles. The van der Waals surface area contributed by atoms with Crippen molar-refractivity contribution in [3.63, 3.8) is 0 Å². The van der Waals surface area contributed by atoms with Gasteiger partial charge in [-0.25, -0.2) is 9.36 Å². The average Bonchev–Trinajstić information content (AvgIpc) is 2.71. The number of nitrogens with two attached hydrogens (primary N) is 1. The highest BCUT2D eigenvalue weighted by Crippen LogP contribution is 2.21. The Kier molecular flexibility index (Phi) is 2.52. The monoisotopic (exact) mass is 269 g/mol. The first-order valence-electron chi connectivity index (χ1n) is 4.65. The van der Waals surface area contributed by atoms with Gasteiger partial charge in [0, 0.05) is 13.2 Å². The SMILES string of the molecule is CCc1nn(C)c(-n2cc(Br)cn2)c1N. The van der Waals surface area contributed by atoms with E-state index in [4.69, 9.17) is 5.73 Å². The standard InChI is InChI=1S/C9H12BrN5/c1-3-7-8(11)9(14(2)13-7)15-5-6(10)4-12-15/h4-5H,3,11H2,1-2H3. The van der Waals surface area contributed by atoms with E-state index in [0.29, 0.717) is 5.69 Å². The number of aryl methyl sites for hydroxylation is 2. The smallest absolute Gasteiger partial charge is 0.175 e. The highest BCUT2D eigenvalue weighted by atomic mass is 79.9. The predicted molar refractivity (Wildman–Crippen MR) is 61.8 cm³/mol. The predicted octanol–water partition coefficient (Wildman–Crippen LogP) is 1.51. The number of hydrogen-bond acceptors (Lipinski definition) is 3. The third-order valence-corrected chi connectivity index (χ3v) is 2.64. The Morgan fingerprint density at radius 2 is 2.27 bits per heavy atom. The second-order valence-electron chi connectivity index (χ2n) is 3.26. The first kappa shape index (κ1) is 10.2. The zero-order chi connectivity index (χ0) is 11.0. The maximum absolute atomic E-state index is 6.00. The molecule has 2 heterocycles. The van der Waals surface area contributed by atoms with Crippen LogP contribution in [0.2, 0.25) is 0 Å². The molecule has 2 aromatic rings. The van der Waals surface area contributed by atoms with Crippen LogP contribution in [0.15, 0.2) is 16.9 Å². The van der Waals surface area contributed by atoms with E-state index in [0.717, 1.165) is 22.4 Å². The van der Waals surface area contributed by atoms with E-state index in [-0.39, 0.29) is 0 Å². The van der Waals surface area contributed by atoms with Crippen molar-refractivity contribution in [2.45, 2.75) is 13.3 Å². The Hall–Kier alpha value is -1.30. The number of nitrogen functional groups attached to an aromatic ring is 1. The van der Waals surface area contributed by atoms with E-state index in [1.165, 1.54) is 0 Å². The summed E-state index contributed by atoms with van der Waals surface area (Å²) in [5, 5.41) is 8.51. The summed E-state index contributed by atoms with van der Waals surface area (Å²) >= 11 is 3.35. The van der Waals surface area contributed by atoms with Crippen molar-refractivity contribution in [2.75, 3.05) is 5.73 Å². The molecule has 0 saturated heterocycles. The van der Waals surface area contributed by atoms with E-state index < -0.39 is 0 Å². The molecular weight excluding hydrogens is 258 g/mol. The Labute approximate surface area is 96.0 Å². The summed E-state index contributed by atoms with van der Waals surface area (Å²) in [6.45, 7) is 2.03. The number of nitrogens with zero attached hydrogens (tertiary/aromatic N) is 4. The lowest BCUT2D eigenvalue weighted by Gasteiger charge is -2.02. The summed E-state index contributed by atoms with van der Waals surface area (Å²) in [5.74, 6) is 0.803. The molecule has 0 aliphatic carbocycles. The second kappa shape index (κ2) is 3.69. The largest absolute Gasteiger partial charge is 0.394 e. The third-order valence-electron chi connectivity index (χ3n) is 2.23. The van der Waals surface area contributed by atoms with Crippen molar-refractivity contribution in [1.29, 1.82) is 0 Å². The van der Waals surface area contributed by atoms with Gasteiger partial charge in [-0.15, -0.1) is 0 Å². The van der Waals surface area contributed by atoms with Crippen LogP contribution in [0, 0.1) is 0 Å². The van der Waals surface area contributed by atoms with Crippen molar-refractivity contribution in [2.24, 2.45) is 7.05 Å². The molecule has 0 atom stereocenters. The first-order chi connectivity index (χ1) is 7.13. The highest BCUT2D eigenvalue weighted by Gasteiger charge is 2.14. The van der Waals surface area contributed by atoms with Crippen LogP contribution < -0.4 is 5.73 Å². The summed E-state index contributed by atoms with van der Waals surface area (Å²) in [6, 6.07) is 0. The molecule has 15 heavy (non-hydrogen) atoms. The maximum Gasteiger partial charge on any atom is 0.175 e. The minimum Gasteiger partial charge on any atom is -0.394 e.